The number of nitrogen functional groups attached to an aromatic ring is 1. The molecule has 26 heavy (non-hydrogen) atoms. The van der Waals surface area contributed by atoms with Gasteiger partial charge in [0.15, 0.2) is 0 Å². The zero-order valence-electron chi connectivity index (χ0n) is 14.5. The summed E-state index contributed by atoms with van der Waals surface area (Å²) in [6.07, 6.45) is 11.0. The number of anilines is 1. The third kappa shape index (κ3) is 2.89. The van der Waals surface area contributed by atoms with E-state index in [0.29, 0.717) is 12.0 Å². The number of piperidine rings is 1. The molecule has 0 unspecified atom stereocenters. The summed E-state index contributed by atoms with van der Waals surface area (Å²) in [6.45, 7) is 2.38. The molecule has 4 heterocycles. The number of pyridine rings is 1. The first kappa shape index (κ1) is 16.2. The Hall–Kier alpha value is -1.99. The lowest BCUT2D eigenvalue weighted by Crippen LogP contribution is -2.35. The van der Waals surface area contributed by atoms with E-state index in [1.54, 1.807) is 6.20 Å². The summed E-state index contributed by atoms with van der Waals surface area (Å²) < 4.78 is 3.22. The Bertz CT molecular complexity index is 956. The fraction of sp³-hybridized carbons (Fsp3) is 0.421. The van der Waals surface area contributed by atoms with Gasteiger partial charge in [-0.15, -0.1) is 0 Å². The van der Waals surface area contributed by atoms with Crippen molar-refractivity contribution >= 4 is 32.8 Å². The van der Waals surface area contributed by atoms with Crippen LogP contribution in [0.3, 0.4) is 0 Å². The molecule has 134 valence electrons. The van der Waals surface area contributed by atoms with E-state index in [9.17, 15) is 0 Å². The normalized spacial score (nSPS) is 19.3. The fourth-order valence-corrected chi connectivity index (χ4v) is 4.45. The Morgan fingerprint density at radius 3 is 2.62 bits per heavy atom. The Balaban J connectivity index is 1.55. The van der Waals surface area contributed by atoms with Crippen molar-refractivity contribution in [2.24, 2.45) is 0 Å². The van der Waals surface area contributed by atoms with E-state index in [1.807, 2.05) is 12.3 Å². The number of fused-ring (bicyclic) bond motifs is 1. The molecule has 1 saturated carbocycles. The smallest absolute Gasteiger partial charge is 0.220 e. The van der Waals surface area contributed by atoms with Crippen LogP contribution in [0.2, 0.25) is 0 Å². The van der Waals surface area contributed by atoms with E-state index >= 15 is 0 Å². The topological polar surface area (TPSA) is 72.9 Å². The van der Waals surface area contributed by atoms with E-state index in [4.69, 9.17) is 5.73 Å². The molecule has 0 radical (unpaired) electrons. The molecular weight excluding hydrogens is 392 g/mol. The van der Waals surface area contributed by atoms with Crippen molar-refractivity contribution in [2.45, 2.75) is 37.8 Å². The quantitative estimate of drug-likeness (QED) is 0.664. The van der Waals surface area contributed by atoms with E-state index in [0.717, 1.165) is 32.8 Å². The van der Waals surface area contributed by atoms with Gasteiger partial charge < -0.3 is 15.2 Å². The maximum absolute atomic E-state index is 5.81. The summed E-state index contributed by atoms with van der Waals surface area (Å²) in [4.78, 5) is 15.6. The van der Waals surface area contributed by atoms with Crippen molar-refractivity contribution in [1.29, 1.82) is 0 Å². The van der Waals surface area contributed by atoms with Gasteiger partial charge in [-0.2, -0.15) is 0 Å². The highest BCUT2D eigenvalue weighted by atomic mass is 79.9. The first-order chi connectivity index (χ1) is 12.7. The van der Waals surface area contributed by atoms with Crippen LogP contribution in [-0.2, 0) is 0 Å². The monoisotopic (exact) mass is 412 g/mol. The Morgan fingerprint density at radius 2 is 1.88 bits per heavy atom. The molecule has 1 aliphatic heterocycles. The molecule has 1 saturated heterocycles. The van der Waals surface area contributed by atoms with E-state index in [2.05, 4.69) is 52.6 Å². The molecule has 0 spiro atoms. The fourth-order valence-electron chi connectivity index (χ4n) is 4.12. The van der Waals surface area contributed by atoms with Gasteiger partial charge in [0.25, 0.3) is 0 Å². The number of nitrogens with two attached hydrogens (primary N) is 1. The molecular formula is C19H21BrN6. The van der Waals surface area contributed by atoms with Gasteiger partial charge >= 0.3 is 0 Å². The van der Waals surface area contributed by atoms with Crippen LogP contribution in [0.4, 0.5) is 5.95 Å². The number of hydrogen-bond donors (Lipinski definition) is 1. The molecule has 0 bridgehead atoms. The molecule has 3 aromatic rings. The van der Waals surface area contributed by atoms with Gasteiger partial charge in [0.1, 0.15) is 4.60 Å². The van der Waals surface area contributed by atoms with Gasteiger partial charge in [0.2, 0.25) is 5.95 Å². The van der Waals surface area contributed by atoms with Crippen LogP contribution in [0.5, 0.6) is 0 Å². The van der Waals surface area contributed by atoms with Crippen molar-refractivity contribution in [3.8, 4) is 11.3 Å². The lowest BCUT2D eigenvalue weighted by Gasteiger charge is -2.33. The molecule has 2 N–H and O–H groups in total. The maximum Gasteiger partial charge on any atom is 0.220 e. The number of aromatic nitrogens is 4. The summed E-state index contributed by atoms with van der Waals surface area (Å²) in [5.74, 6) is 0.300. The number of likely N-dealkylation sites (tertiary alicyclic amines) is 1. The minimum atomic E-state index is 0.300. The number of rotatable bonds is 3. The van der Waals surface area contributed by atoms with Gasteiger partial charge in [0, 0.05) is 48.5 Å². The summed E-state index contributed by atoms with van der Waals surface area (Å²) in [6, 6.07) is 5.34. The first-order valence-electron chi connectivity index (χ1n) is 9.18. The molecule has 7 heteroatoms. The van der Waals surface area contributed by atoms with Crippen LogP contribution in [0.25, 0.3) is 22.2 Å². The van der Waals surface area contributed by atoms with Crippen LogP contribution < -0.4 is 5.73 Å². The van der Waals surface area contributed by atoms with Gasteiger partial charge in [-0.25, -0.2) is 15.0 Å². The lowest BCUT2D eigenvalue weighted by molar-refractivity contribution is 0.180. The molecule has 1 aliphatic carbocycles. The largest absolute Gasteiger partial charge is 0.368 e. The van der Waals surface area contributed by atoms with Crippen molar-refractivity contribution in [3.05, 3.63) is 35.3 Å². The van der Waals surface area contributed by atoms with Gasteiger partial charge in [-0.1, -0.05) is 0 Å². The van der Waals surface area contributed by atoms with E-state index in [-0.39, 0.29) is 0 Å². The Morgan fingerprint density at radius 1 is 1.08 bits per heavy atom. The molecule has 6 nitrogen and oxygen atoms in total. The predicted octanol–water partition coefficient (Wildman–Crippen LogP) is 3.64. The van der Waals surface area contributed by atoms with Crippen LogP contribution >= 0.6 is 15.9 Å². The van der Waals surface area contributed by atoms with Crippen molar-refractivity contribution in [2.75, 3.05) is 18.8 Å². The Labute approximate surface area is 160 Å². The summed E-state index contributed by atoms with van der Waals surface area (Å²) in [5.41, 5.74) is 8.91. The molecule has 0 aromatic carbocycles. The first-order valence-corrected chi connectivity index (χ1v) is 9.97. The maximum atomic E-state index is 5.81. The third-order valence-electron chi connectivity index (χ3n) is 5.59. The number of halogens is 1. The van der Waals surface area contributed by atoms with Crippen molar-refractivity contribution in [1.82, 2.24) is 24.4 Å². The number of hydrogen-bond acceptors (Lipinski definition) is 5. The lowest BCUT2D eigenvalue weighted by atomic mass is 10.0. The average Bonchev–Trinajstić information content (AvgIpc) is 3.43. The highest BCUT2D eigenvalue weighted by molar-refractivity contribution is 9.10. The second kappa shape index (κ2) is 6.32. The summed E-state index contributed by atoms with van der Waals surface area (Å²) in [5, 5.41) is 1.15. The van der Waals surface area contributed by atoms with Crippen LogP contribution in [0, 0.1) is 0 Å². The summed E-state index contributed by atoms with van der Waals surface area (Å²) >= 11 is 3.51. The Kier molecular flexibility index (Phi) is 3.94. The van der Waals surface area contributed by atoms with E-state index < -0.39 is 0 Å². The highest BCUT2D eigenvalue weighted by Gasteiger charge is 2.32. The van der Waals surface area contributed by atoms with Gasteiger partial charge in [-0.3, -0.25) is 0 Å². The highest BCUT2D eigenvalue weighted by Crippen LogP contribution is 2.37. The van der Waals surface area contributed by atoms with E-state index in [1.165, 1.54) is 38.8 Å². The van der Waals surface area contributed by atoms with Crippen molar-refractivity contribution < 1.29 is 0 Å². The zero-order valence-corrected chi connectivity index (χ0v) is 16.1. The van der Waals surface area contributed by atoms with Crippen LogP contribution in [0.1, 0.15) is 31.7 Å². The minimum absolute atomic E-state index is 0.300. The minimum Gasteiger partial charge on any atom is -0.368 e. The molecule has 2 aliphatic rings. The molecule has 0 amide bonds. The van der Waals surface area contributed by atoms with Crippen LogP contribution in [-0.4, -0.2) is 43.6 Å². The molecule has 0 atom stereocenters. The SMILES string of the molecule is Nc1nccc(-c2cn(C3CCN(C4CC4)CC3)c3cnc(Br)cc23)n1. The predicted molar refractivity (Wildman–Crippen MR) is 106 cm³/mol. The molecule has 3 aromatic heterocycles. The second-order valence-electron chi connectivity index (χ2n) is 7.27. The standard InChI is InChI=1S/C19H21BrN6/c20-18-9-14-15(16-3-6-22-19(21)24-16)11-26(17(14)10-23-18)13-4-7-25(8-5-13)12-1-2-12/h3,6,9-13H,1-2,4-5,7-8H2,(H2,21,22,24). The molecule has 5 rings (SSSR count). The second-order valence-corrected chi connectivity index (χ2v) is 8.09. The third-order valence-corrected chi connectivity index (χ3v) is 6.03. The van der Waals surface area contributed by atoms with Crippen molar-refractivity contribution in [3.63, 3.8) is 0 Å². The average molecular weight is 413 g/mol. The zero-order chi connectivity index (χ0) is 17.7. The molecule has 2 fully saturated rings. The van der Waals surface area contributed by atoms with Gasteiger partial charge in [-0.05, 0) is 53.7 Å². The van der Waals surface area contributed by atoms with Crippen LogP contribution in [0.15, 0.2) is 35.3 Å². The summed E-state index contributed by atoms with van der Waals surface area (Å²) in [7, 11) is 0. The number of nitrogens with zero attached hydrogens (tertiary/aromatic N) is 5. The van der Waals surface area contributed by atoms with Gasteiger partial charge in [0.05, 0.1) is 17.4 Å².